The lowest BCUT2D eigenvalue weighted by Gasteiger charge is -2.14. The molecular weight excluding hydrogens is 550 g/mol. The molecule has 3 amide bonds. The zero-order valence-corrected chi connectivity index (χ0v) is 23.8. The molecule has 8 nitrogen and oxygen atoms in total. The smallest absolute Gasteiger partial charge is 0.335 e. The molecule has 4 aromatic carbocycles. The van der Waals surface area contributed by atoms with Crippen LogP contribution >= 0.6 is 11.8 Å². The average molecular weight is 580 g/mol. The number of carboxylic acids is 1. The van der Waals surface area contributed by atoms with Crippen LogP contribution in [0.1, 0.15) is 38.8 Å². The second-order valence-corrected chi connectivity index (χ2v) is 10.8. The van der Waals surface area contributed by atoms with E-state index in [2.05, 4.69) is 16.0 Å². The summed E-state index contributed by atoms with van der Waals surface area (Å²) in [7, 11) is 0. The Morgan fingerprint density at radius 3 is 2.10 bits per heavy atom. The minimum atomic E-state index is -1.08. The summed E-state index contributed by atoms with van der Waals surface area (Å²) in [5.74, 6) is -2.30. The quantitative estimate of drug-likeness (QED) is 0.131. The largest absolute Gasteiger partial charge is 0.478 e. The van der Waals surface area contributed by atoms with Crippen LogP contribution in [-0.4, -0.2) is 34.0 Å². The Morgan fingerprint density at radius 2 is 1.40 bits per heavy atom. The maximum Gasteiger partial charge on any atom is 0.335 e. The van der Waals surface area contributed by atoms with E-state index in [-0.39, 0.29) is 17.2 Å². The molecule has 1 unspecified atom stereocenters. The maximum absolute atomic E-state index is 13.4. The Kier molecular flexibility index (Phi) is 9.91. The lowest BCUT2D eigenvalue weighted by molar-refractivity contribution is -0.115. The number of carbonyl (C=O) groups is 4. The van der Waals surface area contributed by atoms with Crippen LogP contribution in [-0.2, 0) is 9.59 Å². The predicted octanol–water partition coefficient (Wildman–Crippen LogP) is 6.22. The summed E-state index contributed by atoms with van der Waals surface area (Å²) in [6, 6.07) is 29.2. The zero-order chi connectivity index (χ0) is 30.1. The lowest BCUT2D eigenvalue weighted by atomic mass is 10.1. The summed E-state index contributed by atoms with van der Waals surface area (Å²) in [5.41, 5.74) is 3.25. The third kappa shape index (κ3) is 8.42. The molecule has 4 aromatic rings. The van der Waals surface area contributed by atoms with Gasteiger partial charge in [0.15, 0.2) is 0 Å². The van der Waals surface area contributed by atoms with Crippen LogP contribution in [0.4, 0.5) is 11.4 Å². The minimum Gasteiger partial charge on any atom is -0.478 e. The van der Waals surface area contributed by atoms with E-state index in [1.54, 1.807) is 73.7 Å². The van der Waals surface area contributed by atoms with E-state index < -0.39 is 23.0 Å². The Hall–Kier alpha value is -5.15. The summed E-state index contributed by atoms with van der Waals surface area (Å²) in [5, 5.41) is 17.0. The standard InChI is InChI=1S/C33H29N3O5S/c1-21-14-16-23(17-15-21)18-29(36-31(38)24-8-4-3-5-9-24)32(39)35-27-12-7-13-28(20-27)42-22(2)30(37)34-26-11-6-10-25(19-26)33(40)41/h3-20,22H,1-2H3,(H,34,37)(H,35,39)(H,36,38)(H,40,41)/b29-18-. The number of rotatable bonds is 10. The normalized spacial score (nSPS) is 11.7. The molecule has 0 fully saturated rings. The molecule has 1 atom stereocenters. The topological polar surface area (TPSA) is 125 Å². The summed E-state index contributed by atoms with van der Waals surface area (Å²) in [6.45, 7) is 3.69. The van der Waals surface area contributed by atoms with Crippen LogP contribution in [0, 0.1) is 6.92 Å². The Labute approximate surface area is 247 Å². The first-order valence-electron chi connectivity index (χ1n) is 13.0. The fraction of sp³-hybridized carbons (Fsp3) is 0.0909. The lowest BCUT2D eigenvalue weighted by Crippen LogP contribution is -2.30. The number of amides is 3. The van der Waals surface area contributed by atoms with Crippen LogP contribution < -0.4 is 16.0 Å². The third-order valence-electron chi connectivity index (χ3n) is 6.07. The fourth-order valence-corrected chi connectivity index (χ4v) is 4.78. The van der Waals surface area contributed by atoms with Gasteiger partial charge in [-0.05, 0) is 74.0 Å². The zero-order valence-electron chi connectivity index (χ0n) is 23.0. The molecule has 0 radical (unpaired) electrons. The number of thioether (sulfide) groups is 1. The highest BCUT2D eigenvalue weighted by Crippen LogP contribution is 2.27. The summed E-state index contributed by atoms with van der Waals surface area (Å²) < 4.78 is 0. The highest BCUT2D eigenvalue weighted by Gasteiger charge is 2.18. The number of carbonyl (C=O) groups excluding carboxylic acids is 3. The van der Waals surface area contributed by atoms with Gasteiger partial charge in [-0.1, -0.05) is 60.2 Å². The van der Waals surface area contributed by atoms with Gasteiger partial charge in [0.2, 0.25) is 5.91 Å². The first kappa shape index (κ1) is 29.8. The van der Waals surface area contributed by atoms with Gasteiger partial charge < -0.3 is 21.1 Å². The average Bonchev–Trinajstić information content (AvgIpc) is 2.98. The number of aromatic carboxylic acids is 1. The van der Waals surface area contributed by atoms with Gasteiger partial charge in [0, 0.05) is 21.8 Å². The van der Waals surface area contributed by atoms with Crippen molar-refractivity contribution in [2.24, 2.45) is 0 Å². The van der Waals surface area contributed by atoms with E-state index >= 15 is 0 Å². The molecule has 0 spiro atoms. The van der Waals surface area contributed by atoms with Gasteiger partial charge in [-0.2, -0.15) is 0 Å². The summed E-state index contributed by atoms with van der Waals surface area (Å²) >= 11 is 1.28. The van der Waals surface area contributed by atoms with Crippen molar-refractivity contribution in [3.05, 3.63) is 131 Å². The molecule has 4 N–H and O–H groups in total. The van der Waals surface area contributed by atoms with Gasteiger partial charge >= 0.3 is 5.97 Å². The van der Waals surface area contributed by atoms with Gasteiger partial charge in [0.1, 0.15) is 5.70 Å². The highest BCUT2D eigenvalue weighted by atomic mass is 32.2. The van der Waals surface area contributed by atoms with Crippen molar-refractivity contribution >= 4 is 52.9 Å². The van der Waals surface area contributed by atoms with Crippen molar-refractivity contribution in [1.29, 1.82) is 0 Å². The molecule has 212 valence electrons. The van der Waals surface area contributed by atoms with Crippen LogP contribution in [0.2, 0.25) is 0 Å². The number of aryl methyl sites for hydroxylation is 1. The van der Waals surface area contributed by atoms with Crippen LogP contribution in [0.15, 0.2) is 114 Å². The maximum atomic E-state index is 13.4. The SMILES string of the molecule is Cc1ccc(/C=C(\NC(=O)c2ccccc2)C(=O)Nc2cccc(SC(C)C(=O)Nc3cccc(C(=O)O)c3)c2)cc1. The van der Waals surface area contributed by atoms with E-state index in [1.807, 2.05) is 37.3 Å². The van der Waals surface area contributed by atoms with E-state index in [0.29, 0.717) is 16.9 Å². The van der Waals surface area contributed by atoms with Crippen LogP contribution in [0.5, 0.6) is 0 Å². The van der Waals surface area contributed by atoms with E-state index in [0.717, 1.165) is 16.0 Å². The Bertz CT molecular complexity index is 1640. The monoisotopic (exact) mass is 579 g/mol. The molecule has 42 heavy (non-hydrogen) atoms. The van der Waals surface area contributed by atoms with E-state index in [4.69, 9.17) is 0 Å². The number of benzene rings is 4. The van der Waals surface area contributed by atoms with Gasteiger partial charge in [0.25, 0.3) is 11.8 Å². The van der Waals surface area contributed by atoms with Gasteiger partial charge in [-0.15, -0.1) is 11.8 Å². The van der Waals surface area contributed by atoms with Crippen LogP contribution in [0.25, 0.3) is 6.08 Å². The van der Waals surface area contributed by atoms with Crippen molar-refractivity contribution in [3.63, 3.8) is 0 Å². The molecular formula is C33H29N3O5S. The first-order valence-corrected chi connectivity index (χ1v) is 13.9. The van der Waals surface area contributed by atoms with Gasteiger partial charge in [-0.25, -0.2) is 4.79 Å². The molecule has 0 aliphatic carbocycles. The van der Waals surface area contributed by atoms with Gasteiger partial charge in [0.05, 0.1) is 10.8 Å². The molecule has 0 aromatic heterocycles. The number of hydrogen-bond acceptors (Lipinski definition) is 5. The minimum absolute atomic E-state index is 0.0714. The molecule has 0 aliphatic rings. The van der Waals surface area contributed by atoms with E-state index in [1.165, 1.54) is 23.9 Å². The number of nitrogens with one attached hydrogen (secondary N) is 3. The first-order chi connectivity index (χ1) is 20.2. The van der Waals surface area contributed by atoms with Crippen molar-refractivity contribution in [1.82, 2.24) is 5.32 Å². The Morgan fingerprint density at radius 1 is 0.762 bits per heavy atom. The summed E-state index contributed by atoms with van der Waals surface area (Å²) in [6.07, 6.45) is 1.61. The van der Waals surface area contributed by atoms with Crippen LogP contribution in [0.3, 0.4) is 0 Å². The van der Waals surface area contributed by atoms with Crippen molar-refractivity contribution in [3.8, 4) is 0 Å². The Balaban J connectivity index is 1.46. The number of anilines is 2. The fourth-order valence-electron chi connectivity index (χ4n) is 3.85. The third-order valence-corrected chi connectivity index (χ3v) is 7.16. The molecule has 0 bridgehead atoms. The van der Waals surface area contributed by atoms with Crippen molar-refractivity contribution in [2.75, 3.05) is 10.6 Å². The van der Waals surface area contributed by atoms with Gasteiger partial charge in [-0.3, -0.25) is 14.4 Å². The molecule has 0 saturated carbocycles. The second-order valence-electron chi connectivity index (χ2n) is 9.41. The molecule has 4 rings (SSSR count). The molecule has 0 saturated heterocycles. The predicted molar refractivity (Wildman–Crippen MR) is 165 cm³/mol. The van der Waals surface area contributed by atoms with E-state index in [9.17, 15) is 24.3 Å². The van der Waals surface area contributed by atoms with Crippen molar-refractivity contribution < 1.29 is 24.3 Å². The number of hydrogen-bond donors (Lipinski definition) is 4. The second kappa shape index (κ2) is 14.0. The van der Waals surface area contributed by atoms with Crippen molar-refractivity contribution in [2.45, 2.75) is 24.0 Å². The number of carboxylic acid groups (broad SMARTS) is 1. The molecule has 0 aliphatic heterocycles. The summed E-state index contributed by atoms with van der Waals surface area (Å²) in [4.78, 5) is 51.0. The highest BCUT2D eigenvalue weighted by molar-refractivity contribution is 8.00. The molecule has 9 heteroatoms. The molecule has 0 heterocycles.